The Bertz CT molecular complexity index is 751. The molecular weight excluding hydrogens is 258 g/mol. The maximum absolute atomic E-state index is 6.01. The normalized spacial score (nSPS) is 11.6. The number of nitrogens with two attached hydrogens (primary N) is 1. The highest BCUT2D eigenvalue weighted by molar-refractivity contribution is 5.77. The van der Waals surface area contributed by atoms with Gasteiger partial charge in [0, 0.05) is 26.9 Å². The third-order valence-corrected chi connectivity index (χ3v) is 3.28. The number of hydrogen-bond donors (Lipinski definition) is 1. The molecule has 0 aromatic carbocycles. The first-order valence-corrected chi connectivity index (χ1v) is 6.57. The Labute approximate surface area is 115 Å². The van der Waals surface area contributed by atoms with E-state index in [2.05, 4.69) is 27.1 Å². The second kappa shape index (κ2) is 4.62. The van der Waals surface area contributed by atoms with Gasteiger partial charge >= 0.3 is 0 Å². The van der Waals surface area contributed by atoms with Gasteiger partial charge in [-0.15, -0.1) is 0 Å². The van der Waals surface area contributed by atoms with E-state index in [-0.39, 0.29) is 0 Å². The summed E-state index contributed by atoms with van der Waals surface area (Å²) in [6.45, 7) is 4.47. The van der Waals surface area contributed by atoms with Crippen LogP contribution >= 0.6 is 0 Å². The topological polar surface area (TPSA) is 101 Å². The van der Waals surface area contributed by atoms with Crippen molar-refractivity contribution in [3.05, 3.63) is 17.4 Å². The first kappa shape index (κ1) is 12.6. The summed E-state index contributed by atoms with van der Waals surface area (Å²) in [6.07, 6.45) is 1.47. The minimum atomic E-state index is 0.489. The lowest BCUT2D eigenvalue weighted by atomic mass is 10.3. The van der Waals surface area contributed by atoms with Gasteiger partial charge in [-0.2, -0.15) is 10.1 Å². The van der Waals surface area contributed by atoms with Crippen molar-refractivity contribution in [3.63, 3.8) is 0 Å². The van der Waals surface area contributed by atoms with Crippen molar-refractivity contribution in [2.24, 2.45) is 7.05 Å². The maximum Gasteiger partial charge on any atom is 0.223 e. The van der Waals surface area contributed by atoms with E-state index in [4.69, 9.17) is 10.3 Å². The highest BCUT2D eigenvalue weighted by atomic mass is 16.5. The minimum Gasteiger partial charge on any atom is -0.369 e. The molecule has 0 saturated heterocycles. The van der Waals surface area contributed by atoms with E-state index < -0.39 is 0 Å². The van der Waals surface area contributed by atoms with Gasteiger partial charge in [0.2, 0.25) is 11.8 Å². The van der Waals surface area contributed by atoms with E-state index in [9.17, 15) is 0 Å². The molecule has 0 fully saturated rings. The van der Waals surface area contributed by atoms with Crippen LogP contribution in [0.15, 0.2) is 4.52 Å². The van der Waals surface area contributed by atoms with Crippen LogP contribution in [0.3, 0.4) is 0 Å². The first-order chi connectivity index (χ1) is 9.60. The highest BCUT2D eigenvalue weighted by Gasteiger charge is 2.17. The summed E-state index contributed by atoms with van der Waals surface area (Å²) in [4.78, 5) is 8.60. The molecule has 0 aliphatic rings. The van der Waals surface area contributed by atoms with Crippen molar-refractivity contribution in [1.82, 2.24) is 29.5 Å². The van der Waals surface area contributed by atoms with E-state index in [1.807, 2.05) is 16.3 Å². The van der Waals surface area contributed by atoms with Crippen LogP contribution < -0.4 is 5.73 Å². The Kier molecular flexibility index (Phi) is 2.92. The summed E-state index contributed by atoms with van der Waals surface area (Å²) < 4.78 is 8.72. The van der Waals surface area contributed by atoms with Crippen LogP contribution in [-0.2, 0) is 26.4 Å². The molecule has 0 spiro atoms. The molecule has 0 radical (unpaired) electrons. The summed E-state index contributed by atoms with van der Waals surface area (Å²) in [7, 11) is 1.90. The van der Waals surface area contributed by atoms with Crippen LogP contribution in [0.1, 0.15) is 24.3 Å². The molecule has 0 saturated carbocycles. The number of nitrogens with zero attached hydrogens (tertiary/aromatic N) is 6. The van der Waals surface area contributed by atoms with Crippen molar-refractivity contribution in [3.8, 4) is 0 Å². The van der Waals surface area contributed by atoms with Crippen LogP contribution in [0.2, 0.25) is 0 Å². The first-order valence-electron chi connectivity index (χ1n) is 6.57. The standard InChI is InChI=1S/C12H17N7O/c1-4-8-10-11(18(3)16-8)19(12(13)15-10)6-5-9-14-7(2)20-17-9/h4-6H2,1-3H3,(H2,13,15). The zero-order valence-electron chi connectivity index (χ0n) is 11.8. The summed E-state index contributed by atoms with van der Waals surface area (Å²) in [5, 5.41) is 8.34. The van der Waals surface area contributed by atoms with E-state index in [1.54, 1.807) is 6.92 Å². The van der Waals surface area contributed by atoms with E-state index in [0.717, 1.165) is 23.3 Å². The van der Waals surface area contributed by atoms with Gasteiger partial charge in [0.1, 0.15) is 5.52 Å². The molecule has 8 heteroatoms. The average Bonchev–Trinajstić information content (AvgIpc) is 3.04. The molecule has 2 N–H and O–H groups in total. The molecule has 0 unspecified atom stereocenters. The number of anilines is 1. The van der Waals surface area contributed by atoms with E-state index >= 15 is 0 Å². The lowest BCUT2D eigenvalue weighted by Crippen LogP contribution is -2.09. The zero-order valence-corrected chi connectivity index (χ0v) is 11.8. The summed E-state index contributed by atoms with van der Waals surface area (Å²) in [6, 6.07) is 0. The molecule has 3 heterocycles. The molecule has 3 rings (SSSR count). The van der Waals surface area contributed by atoms with E-state index in [1.165, 1.54) is 0 Å². The highest BCUT2D eigenvalue weighted by Crippen LogP contribution is 2.21. The second-order valence-electron chi connectivity index (χ2n) is 4.70. The summed E-state index contributed by atoms with van der Waals surface area (Å²) in [5.74, 6) is 1.72. The Morgan fingerprint density at radius 2 is 2.10 bits per heavy atom. The van der Waals surface area contributed by atoms with E-state index in [0.29, 0.717) is 30.6 Å². The fraction of sp³-hybridized carbons (Fsp3) is 0.500. The van der Waals surface area contributed by atoms with Gasteiger partial charge in [0.15, 0.2) is 11.5 Å². The summed E-state index contributed by atoms with van der Waals surface area (Å²) in [5.41, 5.74) is 8.77. The lowest BCUT2D eigenvalue weighted by Gasteiger charge is -2.04. The molecule has 106 valence electrons. The molecular formula is C12H17N7O. The van der Waals surface area contributed by atoms with Gasteiger partial charge in [0.05, 0.1) is 5.69 Å². The van der Waals surface area contributed by atoms with Gasteiger partial charge in [0.25, 0.3) is 0 Å². The molecule has 0 aliphatic heterocycles. The molecule has 3 aromatic rings. The SMILES string of the molecule is CCc1nn(C)c2c1nc(N)n2CCc1noc(C)n1. The third-order valence-electron chi connectivity index (χ3n) is 3.28. The predicted molar refractivity (Wildman–Crippen MR) is 73.0 cm³/mol. The maximum atomic E-state index is 6.01. The van der Waals surface area contributed by atoms with Crippen molar-refractivity contribution in [2.45, 2.75) is 33.2 Å². The third kappa shape index (κ3) is 1.93. The number of nitrogen functional groups attached to an aromatic ring is 1. The Balaban J connectivity index is 1.94. The number of hydrogen-bond acceptors (Lipinski definition) is 6. The Morgan fingerprint density at radius 1 is 1.30 bits per heavy atom. The van der Waals surface area contributed by atoms with Crippen LogP contribution in [0.4, 0.5) is 5.95 Å². The molecule has 0 amide bonds. The smallest absolute Gasteiger partial charge is 0.223 e. The molecule has 0 atom stereocenters. The quantitative estimate of drug-likeness (QED) is 0.757. The van der Waals surface area contributed by atoms with Gasteiger partial charge < -0.3 is 10.3 Å². The van der Waals surface area contributed by atoms with Crippen LogP contribution in [0.5, 0.6) is 0 Å². The molecule has 0 aliphatic carbocycles. The Morgan fingerprint density at radius 3 is 2.75 bits per heavy atom. The molecule has 3 aromatic heterocycles. The van der Waals surface area contributed by atoms with Crippen molar-refractivity contribution < 1.29 is 4.52 Å². The fourth-order valence-electron chi connectivity index (χ4n) is 2.37. The fourth-order valence-corrected chi connectivity index (χ4v) is 2.37. The minimum absolute atomic E-state index is 0.489. The average molecular weight is 275 g/mol. The molecule has 20 heavy (non-hydrogen) atoms. The number of fused-ring (bicyclic) bond motifs is 1. The van der Waals surface area contributed by atoms with Crippen LogP contribution in [0.25, 0.3) is 11.2 Å². The largest absolute Gasteiger partial charge is 0.369 e. The van der Waals surface area contributed by atoms with Crippen molar-refractivity contribution in [2.75, 3.05) is 5.73 Å². The number of rotatable bonds is 4. The van der Waals surface area contributed by atoms with Crippen LogP contribution in [0, 0.1) is 6.92 Å². The Hall–Kier alpha value is -2.38. The van der Waals surface area contributed by atoms with Gasteiger partial charge in [-0.05, 0) is 6.42 Å². The van der Waals surface area contributed by atoms with Crippen molar-refractivity contribution >= 4 is 17.1 Å². The number of aryl methyl sites for hydroxylation is 5. The van der Waals surface area contributed by atoms with Crippen molar-refractivity contribution in [1.29, 1.82) is 0 Å². The summed E-state index contributed by atoms with van der Waals surface area (Å²) >= 11 is 0. The van der Waals surface area contributed by atoms with Gasteiger partial charge in [-0.3, -0.25) is 9.25 Å². The lowest BCUT2D eigenvalue weighted by molar-refractivity contribution is 0.386. The number of imidazole rings is 1. The number of aromatic nitrogens is 6. The zero-order chi connectivity index (χ0) is 14.3. The monoisotopic (exact) mass is 275 g/mol. The molecule has 8 nitrogen and oxygen atoms in total. The van der Waals surface area contributed by atoms with Gasteiger partial charge in [-0.1, -0.05) is 12.1 Å². The van der Waals surface area contributed by atoms with Crippen LogP contribution in [-0.4, -0.2) is 29.5 Å². The predicted octanol–water partition coefficient (Wildman–Crippen LogP) is 0.849. The van der Waals surface area contributed by atoms with Gasteiger partial charge in [-0.25, -0.2) is 4.98 Å². The molecule has 0 bridgehead atoms. The second-order valence-corrected chi connectivity index (χ2v) is 4.70.